The Bertz CT molecular complexity index is 459. The molecule has 70 valence electrons. The quantitative estimate of drug-likeness (QED) is 0.483. The van der Waals surface area contributed by atoms with E-state index in [4.69, 9.17) is 0 Å². The van der Waals surface area contributed by atoms with Crippen LogP contribution in [0.4, 0.5) is 0 Å². The molecule has 0 heterocycles. The Balaban J connectivity index is 2.74. The number of ketones is 3. The van der Waals surface area contributed by atoms with Crippen molar-refractivity contribution in [1.29, 1.82) is 0 Å². The predicted molar refractivity (Wildman–Crippen MR) is 46.4 cm³/mol. The Hall–Kier alpha value is -1.97. The van der Waals surface area contributed by atoms with E-state index in [0.717, 1.165) is 0 Å². The minimum atomic E-state index is -0.780. The van der Waals surface area contributed by atoms with E-state index in [1.165, 1.54) is 18.2 Å². The maximum atomic E-state index is 11.3. The van der Waals surface area contributed by atoms with Crippen molar-refractivity contribution in [2.75, 3.05) is 0 Å². The second kappa shape index (κ2) is 2.77. The van der Waals surface area contributed by atoms with E-state index < -0.39 is 23.8 Å². The van der Waals surface area contributed by atoms with Gasteiger partial charge in [-0.1, -0.05) is 12.1 Å². The molecule has 4 heteroatoms. The zero-order valence-electron chi connectivity index (χ0n) is 7.11. The molecule has 14 heavy (non-hydrogen) atoms. The zero-order chi connectivity index (χ0) is 10.3. The highest BCUT2D eigenvalue weighted by molar-refractivity contribution is 6.51. The number of phenols is 1. The molecule has 2 rings (SSSR count). The number of hydrogen-bond donors (Lipinski definition) is 1. The van der Waals surface area contributed by atoms with Gasteiger partial charge in [0.15, 0.2) is 5.78 Å². The molecule has 0 saturated carbocycles. The average Bonchev–Trinajstić information content (AvgIpc) is 2.14. The molecule has 0 aliphatic heterocycles. The molecule has 0 radical (unpaired) electrons. The number of carbonyl (C=O) groups excluding carboxylic acids is 3. The Morgan fingerprint density at radius 2 is 1.79 bits per heavy atom. The minimum Gasteiger partial charge on any atom is -0.507 e. The smallest absolute Gasteiger partial charge is 0.233 e. The fourth-order valence-electron chi connectivity index (χ4n) is 1.47. The summed E-state index contributed by atoms with van der Waals surface area (Å²) in [7, 11) is 0. The molecule has 0 saturated heterocycles. The first kappa shape index (κ1) is 8.62. The summed E-state index contributed by atoms with van der Waals surface area (Å²) in [6, 6.07) is 4.18. The van der Waals surface area contributed by atoms with Gasteiger partial charge in [0, 0.05) is 5.56 Å². The topological polar surface area (TPSA) is 71.4 Å². The number of Topliss-reactive ketones (excluding diaryl/α,β-unsaturated/α-hetero) is 3. The fraction of sp³-hybridized carbons (Fsp3) is 0.100. The maximum Gasteiger partial charge on any atom is 0.233 e. The van der Waals surface area contributed by atoms with Crippen LogP contribution < -0.4 is 0 Å². The molecule has 1 N–H and O–H groups in total. The summed E-state index contributed by atoms with van der Waals surface area (Å²) in [5, 5.41) is 9.34. The van der Waals surface area contributed by atoms with Gasteiger partial charge in [-0.2, -0.15) is 0 Å². The number of aromatic hydroxyl groups is 1. The fourth-order valence-corrected chi connectivity index (χ4v) is 1.47. The number of phenolic OH excluding ortho intramolecular Hbond substituents is 1. The summed E-state index contributed by atoms with van der Waals surface area (Å²) in [5.74, 6) is -2.27. The van der Waals surface area contributed by atoms with Crippen LogP contribution in [0.15, 0.2) is 18.2 Å². The first-order valence-corrected chi connectivity index (χ1v) is 4.04. The van der Waals surface area contributed by atoms with E-state index in [0.29, 0.717) is 0 Å². The third-order valence-electron chi connectivity index (χ3n) is 2.14. The van der Waals surface area contributed by atoms with Crippen LogP contribution in [0.5, 0.6) is 5.75 Å². The highest BCUT2D eigenvalue weighted by Gasteiger charge is 2.32. The molecular formula is C10H6O4. The van der Waals surface area contributed by atoms with E-state index in [-0.39, 0.29) is 16.9 Å². The lowest BCUT2D eigenvalue weighted by molar-refractivity contribution is -0.114. The van der Waals surface area contributed by atoms with Crippen molar-refractivity contribution in [2.24, 2.45) is 0 Å². The van der Waals surface area contributed by atoms with Crippen LogP contribution in [0.1, 0.15) is 27.1 Å². The van der Waals surface area contributed by atoms with Crippen molar-refractivity contribution in [3.8, 4) is 5.75 Å². The molecule has 0 unspecified atom stereocenters. The minimum absolute atomic E-state index is 0.134. The third-order valence-corrected chi connectivity index (χ3v) is 2.14. The van der Waals surface area contributed by atoms with Gasteiger partial charge < -0.3 is 5.11 Å². The summed E-state index contributed by atoms with van der Waals surface area (Å²) in [6.45, 7) is 0. The molecule has 0 bridgehead atoms. The van der Waals surface area contributed by atoms with Gasteiger partial charge in [-0.3, -0.25) is 14.4 Å². The number of benzene rings is 1. The van der Waals surface area contributed by atoms with Crippen LogP contribution in [-0.4, -0.2) is 22.5 Å². The van der Waals surface area contributed by atoms with Gasteiger partial charge in [0.2, 0.25) is 11.6 Å². The van der Waals surface area contributed by atoms with Crippen molar-refractivity contribution in [2.45, 2.75) is 6.42 Å². The molecular weight excluding hydrogens is 184 g/mol. The molecule has 0 amide bonds. The van der Waals surface area contributed by atoms with Crippen molar-refractivity contribution in [3.63, 3.8) is 0 Å². The zero-order valence-corrected chi connectivity index (χ0v) is 7.11. The highest BCUT2D eigenvalue weighted by atomic mass is 16.3. The van der Waals surface area contributed by atoms with Gasteiger partial charge >= 0.3 is 0 Å². The first-order chi connectivity index (χ1) is 6.61. The van der Waals surface area contributed by atoms with Crippen molar-refractivity contribution >= 4 is 17.3 Å². The molecule has 1 aliphatic carbocycles. The van der Waals surface area contributed by atoms with E-state index in [2.05, 4.69) is 0 Å². The number of carbonyl (C=O) groups is 3. The second-order valence-corrected chi connectivity index (χ2v) is 3.05. The number of rotatable bonds is 0. The van der Waals surface area contributed by atoms with E-state index in [1.807, 2.05) is 0 Å². The molecule has 0 spiro atoms. The Kier molecular flexibility index (Phi) is 1.70. The molecule has 0 fully saturated rings. The van der Waals surface area contributed by atoms with Gasteiger partial charge in [-0.25, -0.2) is 0 Å². The Morgan fingerprint density at radius 3 is 2.50 bits per heavy atom. The normalized spacial score (nSPS) is 15.6. The van der Waals surface area contributed by atoms with Gasteiger partial charge in [0.1, 0.15) is 5.75 Å². The van der Waals surface area contributed by atoms with Crippen molar-refractivity contribution in [3.05, 3.63) is 29.3 Å². The lowest BCUT2D eigenvalue weighted by atomic mass is 9.88. The monoisotopic (exact) mass is 190 g/mol. The van der Waals surface area contributed by atoms with Crippen LogP contribution >= 0.6 is 0 Å². The van der Waals surface area contributed by atoms with Gasteiger partial charge in [0.25, 0.3) is 0 Å². The summed E-state index contributed by atoms with van der Waals surface area (Å²) in [5.41, 5.74) is -0.0247. The second-order valence-electron chi connectivity index (χ2n) is 3.05. The number of fused-ring (bicyclic) bond motifs is 1. The van der Waals surface area contributed by atoms with E-state index in [1.54, 1.807) is 0 Å². The Morgan fingerprint density at radius 1 is 1.07 bits per heavy atom. The molecule has 1 aliphatic rings. The summed E-state index contributed by atoms with van der Waals surface area (Å²) >= 11 is 0. The van der Waals surface area contributed by atoms with Gasteiger partial charge in [0.05, 0.1) is 12.0 Å². The van der Waals surface area contributed by atoms with Gasteiger partial charge in [-0.15, -0.1) is 0 Å². The molecule has 1 aromatic rings. The SMILES string of the molecule is O=C1CC(=O)c2cccc(O)c2C1=O. The lowest BCUT2D eigenvalue weighted by Crippen LogP contribution is -2.26. The molecule has 0 atom stereocenters. The average molecular weight is 190 g/mol. The summed E-state index contributed by atoms with van der Waals surface area (Å²) < 4.78 is 0. The summed E-state index contributed by atoms with van der Waals surface area (Å²) in [4.78, 5) is 33.7. The van der Waals surface area contributed by atoms with Crippen LogP contribution in [0.2, 0.25) is 0 Å². The Labute approximate surface area is 79.2 Å². The van der Waals surface area contributed by atoms with Crippen LogP contribution in [0.25, 0.3) is 0 Å². The predicted octanol–water partition coefficient (Wildman–Crippen LogP) is 0.730. The number of hydrogen-bond acceptors (Lipinski definition) is 4. The summed E-state index contributed by atoms with van der Waals surface area (Å²) in [6.07, 6.45) is -0.394. The van der Waals surface area contributed by atoms with Crippen molar-refractivity contribution < 1.29 is 19.5 Å². The van der Waals surface area contributed by atoms with Crippen LogP contribution in [0, 0.1) is 0 Å². The first-order valence-electron chi connectivity index (χ1n) is 4.04. The largest absolute Gasteiger partial charge is 0.507 e. The van der Waals surface area contributed by atoms with Crippen LogP contribution in [0.3, 0.4) is 0 Å². The molecule has 1 aromatic carbocycles. The van der Waals surface area contributed by atoms with E-state index in [9.17, 15) is 19.5 Å². The van der Waals surface area contributed by atoms with Gasteiger partial charge in [-0.05, 0) is 6.07 Å². The third kappa shape index (κ3) is 1.04. The maximum absolute atomic E-state index is 11.3. The highest BCUT2D eigenvalue weighted by Crippen LogP contribution is 2.26. The van der Waals surface area contributed by atoms with Crippen molar-refractivity contribution in [1.82, 2.24) is 0 Å². The standard InChI is InChI=1S/C10H6O4/c11-6-3-1-2-5-7(12)4-8(13)10(14)9(5)6/h1-3,11H,4H2. The molecule has 0 aromatic heterocycles. The lowest BCUT2D eigenvalue weighted by Gasteiger charge is -2.12. The van der Waals surface area contributed by atoms with E-state index >= 15 is 0 Å². The molecule has 4 nitrogen and oxygen atoms in total. The van der Waals surface area contributed by atoms with Crippen LogP contribution in [-0.2, 0) is 4.79 Å².